The Morgan fingerprint density at radius 1 is 1.59 bits per heavy atom. The van der Waals surface area contributed by atoms with Crippen molar-refractivity contribution in [1.29, 1.82) is 0 Å². The largest absolute Gasteiger partial charge is 0.478 e. The second-order valence-electron chi connectivity index (χ2n) is 3.62. The summed E-state index contributed by atoms with van der Waals surface area (Å²) in [7, 11) is 1.78. The van der Waals surface area contributed by atoms with Crippen LogP contribution in [0.15, 0.2) is 12.1 Å². The van der Waals surface area contributed by atoms with Crippen LogP contribution in [-0.4, -0.2) is 25.8 Å². The van der Waals surface area contributed by atoms with Crippen LogP contribution in [0.2, 0.25) is 5.15 Å². The number of aromatic nitrogens is 3. The zero-order valence-corrected chi connectivity index (χ0v) is 10.1. The van der Waals surface area contributed by atoms with E-state index in [1.807, 2.05) is 6.92 Å². The molecule has 0 aliphatic heterocycles. The summed E-state index contributed by atoms with van der Waals surface area (Å²) in [5.41, 5.74) is 2.08. The van der Waals surface area contributed by atoms with Crippen LogP contribution in [0.1, 0.15) is 11.3 Å². The predicted octanol–water partition coefficient (Wildman–Crippen LogP) is 2.03. The quantitative estimate of drug-likeness (QED) is 0.655. The molecule has 0 aliphatic rings. The van der Waals surface area contributed by atoms with Gasteiger partial charge in [-0.05, 0) is 19.1 Å². The summed E-state index contributed by atoms with van der Waals surface area (Å²) in [6.07, 6.45) is 2.45. The third-order valence-electron chi connectivity index (χ3n) is 2.38. The number of aryl methyl sites for hydroxylation is 2. The molecular weight excluding hydrogens is 242 g/mol. The highest BCUT2D eigenvalue weighted by Gasteiger charge is 2.09. The van der Waals surface area contributed by atoms with E-state index < -0.39 is 5.97 Å². The lowest BCUT2D eigenvalue weighted by Crippen LogP contribution is -1.93. The SMILES string of the molecule is Cc1nn(C)c2nc(Cl)c(C=CC(=O)O)cc12. The van der Waals surface area contributed by atoms with Gasteiger partial charge in [0.25, 0.3) is 0 Å². The third kappa shape index (κ3) is 2.14. The van der Waals surface area contributed by atoms with Crippen molar-refractivity contribution in [3.63, 3.8) is 0 Å². The minimum absolute atomic E-state index is 0.262. The number of pyridine rings is 1. The standard InChI is InChI=1S/C11H10ClN3O2/c1-6-8-5-7(3-4-9(16)17)10(12)13-11(8)15(2)14-6/h3-5H,1-2H3,(H,16,17). The molecule has 2 rings (SSSR count). The van der Waals surface area contributed by atoms with Crippen LogP contribution in [0.4, 0.5) is 0 Å². The molecule has 17 heavy (non-hydrogen) atoms. The fraction of sp³-hybridized carbons (Fsp3) is 0.182. The summed E-state index contributed by atoms with van der Waals surface area (Å²) in [6.45, 7) is 1.86. The first-order valence-corrected chi connectivity index (χ1v) is 5.27. The van der Waals surface area contributed by atoms with Gasteiger partial charge in [-0.3, -0.25) is 4.68 Å². The topological polar surface area (TPSA) is 68.0 Å². The molecule has 0 amide bonds. The van der Waals surface area contributed by atoms with Gasteiger partial charge in [0, 0.05) is 24.1 Å². The van der Waals surface area contributed by atoms with Gasteiger partial charge in [-0.1, -0.05) is 11.6 Å². The lowest BCUT2D eigenvalue weighted by atomic mass is 10.2. The average molecular weight is 252 g/mol. The number of carboxylic acid groups (broad SMARTS) is 1. The summed E-state index contributed by atoms with van der Waals surface area (Å²) < 4.78 is 1.64. The Labute approximate surface area is 102 Å². The van der Waals surface area contributed by atoms with E-state index in [1.165, 1.54) is 6.08 Å². The molecule has 0 saturated heterocycles. The Balaban J connectivity index is 2.62. The molecule has 0 fully saturated rings. The van der Waals surface area contributed by atoms with Crippen LogP contribution in [0.3, 0.4) is 0 Å². The first-order valence-electron chi connectivity index (χ1n) is 4.90. The predicted molar refractivity (Wildman–Crippen MR) is 64.9 cm³/mol. The van der Waals surface area contributed by atoms with Gasteiger partial charge in [0.1, 0.15) is 5.15 Å². The lowest BCUT2D eigenvalue weighted by Gasteiger charge is -1.99. The summed E-state index contributed by atoms with van der Waals surface area (Å²) in [5, 5.41) is 13.9. The first kappa shape index (κ1) is 11.6. The van der Waals surface area contributed by atoms with Crippen molar-refractivity contribution in [2.45, 2.75) is 6.92 Å². The highest BCUT2D eigenvalue weighted by Crippen LogP contribution is 2.23. The second-order valence-corrected chi connectivity index (χ2v) is 3.98. The summed E-state index contributed by atoms with van der Waals surface area (Å²) in [4.78, 5) is 14.6. The molecule has 2 heterocycles. The molecule has 6 heteroatoms. The van der Waals surface area contributed by atoms with Gasteiger partial charge in [0.15, 0.2) is 5.65 Å². The molecular formula is C11H10ClN3O2. The molecule has 0 aliphatic carbocycles. The average Bonchev–Trinajstić information content (AvgIpc) is 2.51. The first-order chi connectivity index (χ1) is 7.99. The van der Waals surface area contributed by atoms with Crippen molar-refractivity contribution in [3.05, 3.63) is 28.6 Å². The molecule has 2 aromatic rings. The van der Waals surface area contributed by atoms with Gasteiger partial charge < -0.3 is 5.11 Å². The summed E-state index contributed by atoms with van der Waals surface area (Å²) >= 11 is 5.97. The molecule has 5 nitrogen and oxygen atoms in total. The van der Waals surface area contributed by atoms with Crippen molar-refractivity contribution in [3.8, 4) is 0 Å². The number of carboxylic acids is 1. The van der Waals surface area contributed by atoms with E-state index in [4.69, 9.17) is 16.7 Å². The molecule has 0 aromatic carbocycles. The number of hydrogen-bond acceptors (Lipinski definition) is 3. The Hall–Kier alpha value is -1.88. The fourth-order valence-corrected chi connectivity index (χ4v) is 1.81. The molecule has 1 N–H and O–H groups in total. The van der Waals surface area contributed by atoms with Gasteiger partial charge >= 0.3 is 5.97 Å². The van der Waals surface area contributed by atoms with Crippen LogP contribution in [0, 0.1) is 6.92 Å². The number of aliphatic carboxylic acids is 1. The van der Waals surface area contributed by atoms with E-state index in [2.05, 4.69) is 10.1 Å². The minimum Gasteiger partial charge on any atom is -0.478 e. The number of hydrogen-bond donors (Lipinski definition) is 1. The summed E-state index contributed by atoms with van der Waals surface area (Å²) in [5.74, 6) is -1.02. The Morgan fingerprint density at radius 3 is 2.94 bits per heavy atom. The van der Waals surface area contributed by atoms with Crippen molar-refractivity contribution in [2.75, 3.05) is 0 Å². The molecule has 88 valence electrons. The number of nitrogens with zero attached hydrogens (tertiary/aromatic N) is 3. The van der Waals surface area contributed by atoms with E-state index in [0.29, 0.717) is 11.2 Å². The Kier molecular flexibility index (Phi) is 2.85. The molecule has 0 unspecified atom stereocenters. The zero-order chi connectivity index (χ0) is 12.6. The van der Waals surface area contributed by atoms with Crippen molar-refractivity contribution >= 4 is 34.7 Å². The van der Waals surface area contributed by atoms with Gasteiger partial charge in [0.05, 0.1) is 5.69 Å². The second kappa shape index (κ2) is 4.18. The maximum absolute atomic E-state index is 10.5. The lowest BCUT2D eigenvalue weighted by molar-refractivity contribution is -0.131. The van der Waals surface area contributed by atoms with Crippen molar-refractivity contribution in [2.24, 2.45) is 7.05 Å². The molecule has 0 atom stereocenters. The van der Waals surface area contributed by atoms with Gasteiger partial charge in [-0.15, -0.1) is 0 Å². The monoisotopic (exact) mass is 251 g/mol. The number of rotatable bonds is 2. The van der Waals surface area contributed by atoms with E-state index in [0.717, 1.165) is 17.2 Å². The Morgan fingerprint density at radius 2 is 2.29 bits per heavy atom. The van der Waals surface area contributed by atoms with Crippen LogP contribution in [0.25, 0.3) is 17.1 Å². The molecule has 0 spiro atoms. The van der Waals surface area contributed by atoms with Crippen LogP contribution < -0.4 is 0 Å². The van der Waals surface area contributed by atoms with Crippen LogP contribution >= 0.6 is 11.6 Å². The smallest absolute Gasteiger partial charge is 0.328 e. The molecule has 0 bridgehead atoms. The molecule has 0 radical (unpaired) electrons. The van der Waals surface area contributed by atoms with Gasteiger partial charge in [-0.2, -0.15) is 5.10 Å². The highest BCUT2D eigenvalue weighted by atomic mass is 35.5. The number of carbonyl (C=O) groups is 1. The van der Waals surface area contributed by atoms with E-state index in [1.54, 1.807) is 17.8 Å². The number of halogens is 1. The minimum atomic E-state index is -1.02. The maximum atomic E-state index is 10.5. The molecule has 2 aromatic heterocycles. The highest BCUT2D eigenvalue weighted by molar-refractivity contribution is 6.31. The van der Waals surface area contributed by atoms with Gasteiger partial charge in [-0.25, -0.2) is 9.78 Å². The van der Waals surface area contributed by atoms with E-state index in [9.17, 15) is 4.79 Å². The van der Waals surface area contributed by atoms with E-state index >= 15 is 0 Å². The Bertz CT molecular complexity index is 631. The van der Waals surface area contributed by atoms with Gasteiger partial charge in [0.2, 0.25) is 0 Å². The van der Waals surface area contributed by atoms with Crippen LogP contribution in [0.5, 0.6) is 0 Å². The third-order valence-corrected chi connectivity index (χ3v) is 2.69. The van der Waals surface area contributed by atoms with Crippen LogP contribution in [-0.2, 0) is 11.8 Å². The zero-order valence-electron chi connectivity index (χ0n) is 9.31. The number of fused-ring (bicyclic) bond motifs is 1. The normalized spacial score (nSPS) is 11.5. The fourth-order valence-electron chi connectivity index (χ4n) is 1.61. The van der Waals surface area contributed by atoms with E-state index in [-0.39, 0.29) is 5.15 Å². The van der Waals surface area contributed by atoms with Crippen molar-refractivity contribution in [1.82, 2.24) is 14.8 Å². The summed E-state index contributed by atoms with van der Waals surface area (Å²) in [6, 6.07) is 1.78. The molecule has 0 saturated carbocycles. The van der Waals surface area contributed by atoms with Crippen molar-refractivity contribution < 1.29 is 9.90 Å². The maximum Gasteiger partial charge on any atom is 0.328 e.